The van der Waals surface area contributed by atoms with Gasteiger partial charge in [0, 0.05) is 13.6 Å². The van der Waals surface area contributed by atoms with Gasteiger partial charge in [-0.1, -0.05) is 43.3 Å². The molecule has 0 spiro atoms. The Morgan fingerprint density at radius 3 is 2.41 bits per heavy atom. The molecule has 1 saturated heterocycles. The van der Waals surface area contributed by atoms with Crippen molar-refractivity contribution in [2.75, 3.05) is 13.6 Å². The fourth-order valence-corrected chi connectivity index (χ4v) is 3.53. The third kappa shape index (κ3) is 3.85. The highest BCUT2D eigenvalue weighted by Crippen LogP contribution is 2.32. The maximum Gasteiger partial charge on any atom is 0.325 e. The molecule has 1 fully saturated rings. The highest BCUT2D eigenvalue weighted by atomic mass is 19.1. The first-order valence-corrected chi connectivity index (χ1v) is 9.47. The Morgan fingerprint density at radius 2 is 1.79 bits per heavy atom. The first-order chi connectivity index (χ1) is 13.8. The van der Waals surface area contributed by atoms with Gasteiger partial charge < -0.3 is 10.2 Å². The lowest BCUT2D eigenvalue weighted by Gasteiger charge is -2.26. The number of imide groups is 1. The zero-order valence-corrected chi connectivity index (χ0v) is 16.7. The van der Waals surface area contributed by atoms with Gasteiger partial charge in [-0.15, -0.1) is 0 Å². The average Bonchev–Trinajstić information content (AvgIpc) is 2.95. The predicted octanol–water partition coefficient (Wildman–Crippen LogP) is 2.95. The van der Waals surface area contributed by atoms with Gasteiger partial charge >= 0.3 is 6.03 Å². The minimum Gasteiger partial charge on any atom is -0.340 e. The molecule has 6 nitrogen and oxygen atoms in total. The number of carbonyl (C=O) groups excluding carboxylic acids is 3. The molecule has 4 amide bonds. The van der Waals surface area contributed by atoms with E-state index >= 15 is 0 Å². The molecule has 2 aromatic rings. The maximum atomic E-state index is 13.3. The first kappa shape index (κ1) is 20.5. The summed E-state index contributed by atoms with van der Waals surface area (Å²) in [5.74, 6) is -1.28. The molecule has 1 atom stereocenters. The molecule has 7 heteroatoms. The van der Waals surface area contributed by atoms with E-state index in [9.17, 15) is 18.8 Å². The van der Waals surface area contributed by atoms with Crippen LogP contribution in [0.5, 0.6) is 0 Å². The van der Waals surface area contributed by atoms with Crippen molar-refractivity contribution in [3.8, 4) is 0 Å². The SMILES string of the molecule is CC[C@@]1(c2ccc(F)cc2)NC(=O)N(CC(=O)N(C)Cc2ccccc2C)C1=O. The lowest BCUT2D eigenvalue weighted by atomic mass is 9.87. The van der Waals surface area contributed by atoms with E-state index < -0.39 is 23.3 Å². The van der Waals surface area contributed by atoms with Crippen molar-refractivity contribution in [2.24, 2.45) is 0 Å². The number of benzene rings is 2. The number of nitrogens with one attached hydrogen (secondary N) is 1. The van der Waals surface area contributed by atoms with Gasteiger partial charge in [0.05, 0.1) is 0 Å². The summed E-state index contributed by atoms with van der Waals surface area (Å²) in [7, 11) is 1.64. The second-order valence-electron chi connectivity index (χ2n) is 7.26. The third-order valence-corrected chi connectivity index (χ3v) is 5.43. The summed E-state index contributed by atoms with van der Waals surface area (Å²) in [6, 6.07) is 12.5. The Kier molecular flexibility index (Phi) is 5.68. The van der Waals surface area contributed by atoms with Crippen molar-refractivity contribution in [3.05, 3.63) is 71.0 Å². The molecule has 1 N–H and O–H groups in total. The van der Waals surface area contributed by atoms with Crippen LogP contribution in [0.25, 0.3) is 0 Å². The largest absolute Gasteiger partial charge is 0.340 e. The zero-order chi connectivity index (χ0) is 21.2. The number of carbonyl (C=O) groups is 3. The molecule has 1 aliphatic heterocycles. The molecule has 29 heavy (non-hydrogen) atoms. The van der Waals surface area contributed by atoms with Crippen LogP contribution in [0, 0.1) is 12.7 Å². The summed E-state index contributed by atoms with van der Waals surface area (Å²) in [5, 5.41) is 2.70. The fourth-order valence-electron chi connectivity index (χ4n) is 3.53. The molecule has 0 bridgehead atoms. The van der Waals surface area contributed by atoms with Crippen LogP contribution < -0.4 is 5.32 Å². The van der Waals surface area contributed by atoms with Gasteiger partial charge in [0.25, 0.3) is 5.91 Å². The van der Waals surface area contributed by atoms with Gasteiger partial charge in [0.15, 0.2) is 0 Å². The number of urea groups is 1. The molecule has 0 aliphatic carbocycles. The Hall–Kier alpha value is -3.22. The molecule has 2 aromatic carbocycles. The summed E-state index contributed by atoms with van der Waals surface area (Å²) in [6.45, 7) is 3.75. The van der Waals surface area contributed by atoms with Crippen LogP contribution in [-0.4, -0.2) is 41.2 Å². The number of nitrogens with zero attached hydrogens (tertiary/aromatic N) is 2. The van der Waals surface area contributed by atoms with Gasteiger partial charge in [-0.05, 0) is 42.2 Å². The molecule has 0 saturated carbocycles. The van der Waals surface area contributed by atoms with Crippen LogP contribution in [0.1, 0.15) is 30.0 Å². The van der Waals surface area contributed by atoms with E-state index in [0.717, 1.165) is 16.0 Å². The molecule has 1 aliphatic rings. The summed E-state index contributed by atoms with van der Waals surface area (Å²) in [5.41, 5.74) is 1.25. The highest BCUT2D eigenvalue weighted by Gasteiger charge is 2.51. The van der Waals surface area contributed by atoms with Gasteiger partial charge in [-0.25, -0.2) is 9.18 Å². The summed E-state index contributed by atoms with van der Waals surface area (Å²) in [6.07, 6.45) is 0.285. The minimum atomic E-state index is -1.29. The van der Waals surface area contributed by atoms with E-state index in [2.05, 4.69) is 5.32 Å². The average molecular weight is 397 g/mol. The van der Waals surface area contributed by atoms with Crippen molar-refractivity contribution in [2.45, 2.75) is 32.4 Å². The molecular formula is C22H24FN3O3. The van der Waals surface area contributed by atoms with Crippen LogP contribution in [0.4, 0.5) is 9.18 Å². The number of hydrogen-bond acceptors (Lipinski definition) is 3. The lowest BCUT2D eigenvalue weighted by molar-refractivity contribution is -0.138. The van der Waals surface area contributed by atoms with Crippen LogP contribution in [-0.2, 0) is 21.7 Å². The van der Waals surface area contributed by atoms with Crippen molar-refractivity contribution >= 4 is 17.8 Å². The number of halogens is 1. The van der Waals surface area contributed by atoms with Crippen LogP contribution >= 0.6 is 0 Å². The highest BCUT2D eigenvalue weighted by molar-refractivity contribution is 6.09. The van der Waals surface area contributed by atoms with Crippen molar-refractivity contribution < 1.29 is 18.8 Å². The monoisotopic (exact) mass is 397 g/mol. The number of hydrogen-bond donors (Lipinski definition) is 1. The predicted molar refractivity (Wildman–Crippen MR) is 106 cm³/mol. The van der Waals surface area contributed by atoms with Gasteiger partial charge in [0.1, 0.15) is 17.9 Å². The zero-order valence-electron chi connectivity index (χ0n) is 16.7. The van der Waals surface area contributed by atoms with E-state index in [1.165, 1.54) is 29.2 Å². The van der Waals surface area contributed by atoms with Crippen molar-refractivity contribution in [3.63, 3.8) is 0 Å². The smallest absolute Gasteiger partial charge is 0.325 e. The van der Waals surface area contributed by atoms with Crippen LogP contribution in [0.15, 0.2) is 48.5 Å². The molecule has 0 aromatic heterocycles. The van der Waals surface area contributed by atoms with Crippen molar-refractivity contribution in [1.29, 1.82) is 0 Å². The summed E-state index contributed by atoms with van der Waals surface area (Å²) in [4.78, 5) is 40.7. The van der Waals surface area contributed by atoms with E-state index in [-0.39, 0.29) is 18.9 Å². The Bertz CT molecular complexity index is 945. The van der Waals surface area contributed by atoms with E-state index in [1.54, 1.807) is 14.0 Å². The van der Waals surface area contributed by atoms with E-state index in [0.29, 0.717) is 12.1 Å². The molecule has 152 valence electrons. The second kappa shape index (κ2) is 8.03. The van der Waals surface area contributed by atoms with E-state index in [4.69, 9.17) is 0 Å². The second-order valence-corrected chi connectivity index (χ2v) is 7.26. The Labute approximate surface area is 169 Å². The van der Waals surface area contributed by atoms with Crippen molar-refractivity contribution in [1.82, 2.24) is 15.1 Å². The van der Waals surface area contributed by atoms with E-state index in [1.807, 2.05) is 31.2 Å². The lowest BCUT2D eigenvalue weighted by Crippen LogP contribution is -2.45. The Morgan fingerprint density at radius 1 is 1.14 bits per heavy atom. The molecule has 0 radical (unpaired) electrons. The molecule has 3 rings (SSSR count). The number of rotatable bonds is 6. The topological polar surface area (TPSA) is 69.7 Å². The first-order valence-electron chi connectivity index (χ1n) is 9.47. The summed E-state index contributed by atoms with van der Waals surface area (Å²) >= 11 is 0. The Balaban J connectivity index is 1.76. The van der Waals surface area contributed by atoms with Gasteiger partial charge in [-0.2, -0.15) is 0 Å². The van der Waals surface area contributed by atoms with Crippen LogP contribution in [0.2, 0.25) is 0 Å². The normalized spacial score (nSPS) is 18.7. The number of likely N-dealkylation sites (N-methyl/N-ethyl adjacent to an activating group) is 1. The fraction of sp³-hybridized carbons (Fsp3) is 0.318. The standard InChI is InChI=1S/C22H24FN3O3/c1-4-22(17-9-11-18(23)12-10-17)20(28)26(21(29)24-22)14-19(27)25(3)13-16-8-6-5-7-15(16)2/h5-12H,4,13-14H2,1-3H3,(H,24,29)/t22-/m0/s1. The molecule has 0 unspecified atom stereocenters. The molecular weight excluding hydrogens is 373 g/mol. The summed E-state index contributed by atoms with van der Waals surface area (Å²) < 4.78 is 13.3. The molecule has 1 heterocycles. The quantitative estimate of drug-likeness (QED) is 0.762. The minimum absolute atomic E-state index is 0.285. The van der Waals surface area contributed by atoms with Gasteiger partial charge in [0.2, 0.25) is 5.91 Å². The number of aryl methyl sites for hydroxylation is 1. The maximum absolute atomic E-state index is 13.3. The van der Waals surface area contributed by atoms with Crippen LogP contribution in [0.3, 0.4) is 0 Å². The third-order valence-electron chi connectivity index (χ3n) is 5.43. The number of amides is 4. The van der Waals surface area contributed by atoms with Gasteiger partial charge in [-0.3, -0.25) is 14.5 Å².